The van der Waals surface area contributed by atoms with Gasteiger partial charge in [0.25, 0.3) is 0 Å². The smallest absolute Gasteiger partial charge is 0.434 e. The second-order valence-corrected chi connectivity index (χ2v) is 2.01. The summed E-state index contributed by atoms with van der Waals surface area (Å²) >= 11 is 0. The number of rotatable bonds is 2. The Bertz CT molecular complexity index is 243. The first-order valence-electron chi connectivity index (χ1n) is 3.52. The van der Waals surface area contributed by atoms with Crippen LogP contribution in [0.1, 0.15) is 0 Å². The summed E-state index contributed by atoms with van der Waals surface area (Å²) in [5, 5.41) is 0. The molecule has 0 unspecified atom stereocenters. The molecule has 12 heavy (non-hydrogen) atoms. The Hall–Kier alpha value is -1.51. The molecule has 0 amide bonds. The van der Waals surface area contributed by atoms with Gasteiger partial charge < -0.3 is 9.47 Å². The van der Waals surface area contributed by atoms with Crippen LogP contribution in [0.3, 0.4) is 0 Å². The molecular formula is C9H9O3. The normalized spacial score (nSPS) is 9.08. The Morgan fingerprint density at radius 3 is 2.58 bits per heavy atom. The summed E-state index contributed by atoms with van der Waals surface area (Å²) in [5.74, 6) is 0.468. The number of hydrogen-bond acceptors (Lipinski definition) is 3. The second-order valence-electron chi connectivity index (χ2n) is 2.01. The van der Waals surface area contributed by atoms with E-state index in [9.17, 15) is 4.79 Å². The summed E-state index contributed by atoms with van der Waals surface area (Å²) in [7, 11) is 0. The predicted molar refractivity (Wildman–Crippen MR) is 43.8 cm³/mol. The molecule has 3 heteroatoms. The van der Waals surface area contributed by atoms with Crippen LogP contribution in [0.2, 0.25) is 0 Å². The number of benzene rings is 1. The fraction of sp³-hybridized carbons (Fsp3) is 0.111. The highest BCUT2D eigenvalue weighted by Crippen LogP contribution is 2.08. The molecule has 0 heterocycles. The van der Waals surface area contributed by atoms with Gasteiger partial charge in [-0.1, -0.05) is 18.2 Å². The molecule has 0 aromatic heterocycles. The number of hydrogen-bond donors (Lipinski definition) is 0. The third-order valence-electron chi connectivity index (χ3n) is 1.16. The van der Waals surface area contributed by atoms with Gasteiger partial charge in [-0.05, 0) is 19.1 Å². The Morgan fingerprint density at radius 1 is 1.33 bits per heavy atom. The van der Waals surface area contributed by atoms with Crippen LogP contribution in [0.25, 0.3) is 0 Å². The van der Waals surface area contributed by atoms with Crippen LogP contribution < -0.4 is 4.74 Å². The molecule has 0 N–H and O–H groups in total. The highest BCUT2D eigenvalue weighted by Gasteiger charge is 2.02. The number of ether oxygens (including phenoxy) is 2. The fourth-order valence-corrected chi connectivity index (χ4v) is 0.698. The molecule has 0 aliphatic carbocycles. The maximum atomic E-state index is 10.7. The predicted octanol–water partition coefficient (Wildman–Crippen LogP) is 2.04. The van der Waals surface area contributed by atoms with Crippen molar-refractivity contribution in [1.82, 2.24) is 0 Å². The van der Waals surface area contributed by atoms with Crippen molar-refractivity contribution < 1.29 is 14.3 Å². The molecule has 0 aliphatic heterocycles. The summed E-state index contributed by atoms with van der Waals surface area (Å²) in [5.41, 5.74) is 0. The van der Waals surface area contributed by atoms with E-state index in [1.54, 1.807) is 24.3 Å². The molecule has 0 fully saturated rings. The molecule has 1 aromatic carbocycles. The van der Waals surface area contributed by atoms with Gasteiger partial charge in [-0.3, -0.25) is 0 Å². The average molecular weight is 165 g/mol. The van der Waals surface area contributed by atoms with E-state index in [0.29, 0.717) is 5.75 Å². The van der Waals surface area contributed by atoms with Gasteiger partial charge in [0.1, 0.15) is 5.75 Å². The van der Waals surface area contributed by atoms with Crippen LogP contribution in [0.15, 0.2) is 30.3 Å². The van der Waals surface area contributed by atoms with E-state index in [-0.39, 0.29) is 6.61 Å². The van der Waals surface area contributed by atoms with Crippen LogP contribution >= 0.6 is 0 Å². The van der Waals surface area contributed by atoms with Gasteiger partial charge in [0.05, 0.1) is 6.61 Å². The molecule has 3 nitrogen and oxygen atoms in total. The number of para-hydroxylation sites is 1. The topological polar surface area (TPSA) is 35.5 Å². The minimum Gasteiger partial charge on any atom is -0.434 e. The van der Waals surface area contributed by atoms with Gasteiger partial charge in [-0.2, -0.15) is 0 Å². The van der Waals surface area contributed by atoms with Crippen molar-refractivity contribution in [3.8, 4) is 5.75 Å². The first-order chi connectivity index (χ1) is 5.83. The third kappa shape index (κ3) is 2.62. The second kappa shape index (κ2) is 4.38. The van der Waals surface area contributed by atoms with Gasteiger partial charge >= 0.3 is 6.16 Å². The van der Waals surface area contributed by atoms with Crippen LogP contribution in [-0.4, -0.2) is 12.8 Å². The van der Waals surface area contributed by atoms with Crippen LogP contribution in [-0.2, 0) is 4.74 Å². The lowest BCUT2D eigenvalue weighted by molar-refractivity contribution is 0.109. The summed E-state index contributed by atoms with van der Waals surface area (Å²) in [6.07, 6.45) is -0.726. The van der Waals surface area contributed by atoms with E-state index in [1.165, 1.54) is 0 Å². The quantitative estimate of drug-likeness (QED) is 0.497. The maximum Gasteiger partial charge on any atom is 0.513 e. The lowest BCUT2D eigenvalue weighted by Gasteiger charge is -2.02. The minimum atomic E-state index is -0.726. The first-order valence-corrected chi connectivity index (χ1v) is 3.52. The van der Waals surface area contributed by atoms with Crippen LogP contribution in [0.4, 0.5) is 4.79 Å². The van der Waals surface area contributed by atoms with Crippen LogP contribution in [0.5, 0.6) is 5.75 Å². The third-order valence-corrected chi connectivity index (χ3v) is 1.16. The SMILES string of the molecule is [CH2]COC(=O)Oc1ccccc1. The van der Waals surface area contributed by atoms with Crippen molar-refractivity contribution in [1.29, 1.82) is 0 Å². The van der Waals surface area contributed by atoms with E-state index in [4.69, 9.17) is 4.74 Å². The fourth-order valence-electron chi connectivity index (χ4n) is 0.698. The summed E-state index contributed by atoms with van der Waals surface area (Å²) in [4.78, 5) is 10.7. The van der Waals surface area contributed by atoms with Crippen molar-refractivity contribution >= 4 is 6.16 Å². The zero-order valence-electron chi connectivity index (χ0n) is 6.53. The number of carbonyl (C=O) groups is 1. The molecule has 1 radical (unpaired) electrons. The Kier molecular flexibility index (Phi) is 3.14. The van der Waals surface area contributed by atoms with E-state index >= 15 is 0 Å². The molecule has 0 saturated heterocycles. The van der Waals surface area contributed by atoms with Gasteiger partial charge in [0, 0.05) is 0 Å². The standard InChI is InChI=1S/C9H9O3/c1-2-11-9(10)12-8-6-4-3-5-7-8/h3-7H,1-2H2. The molecule has 0 atom stereocenters. The van der Waals surface area contributed by atoms with Gasteiger partial charge in [-0.25, -0.2) is 4.79 Å². The monoisotopic (exact) mass is 165 g/mol. The minimum absolute atomic E-state index is 0.0751. The van der Waals surface area contributed by atoms with E-state index in [1.807, 2.05) is 6.07 Å². The Morgan fingerprint density at radius 2 is 2.00 bits per heavy atom. The summed E-state index contributed by atoms with van der Waals surface area (Å²) in [6, 6.07) is 8.72. The molecule has 0 spiro atoms. The molecule has 0 bridgehead atoms. The largest absolute Gasteiger partial charge is 0.513 e. The van der Waals surface area contributed by atoms with Crippen molar-refractivity contribution in [3.05, 3.63) is 37.3 Å². The molecule has 1 aromatic rings. The molecule has 0 saturated carbocycles. The first kappa shape index (κ1) is 8.59. The zero-order valence-corrected chi connectivity index (χ0v) is 6.53. The highest BCUT2D eigenvalue weighted by atomic mass is 16.7. The highest BCUT2D eigenvalue weighted by molar-refractivity contribution is 5.63. The van der Waals surface area contributed by atoms with Crippen LogP contribution in [0, 0.1) is 6.92 Å². The van der Waals surface area contributed by atoms with E-state index in [2.05, 4.69) is 11.7 Å². The lowest BCUT2D eigenvalue weighted by Crippen LogP contribution is -2.09. The molecule has 0 aliphatic rings. The molecular weight excluding hydrogens is 156 g/mol. The van der Waals surface area contributed by atoms with Gasteiger partial charge in [0.2, 0.25) is 0 Å². The number of carbonyl (C=O) groups excluding carboxylic acids is 1. The van der Waals surface area contributed by atoms with Crippen molar-refractivity contribution in [2.75, 3.05) is 6.61 Å². The summed E-state index contributed by atoms with van der Waals surface area (Å²) in [6.45, 7) is 3.42. The van der Waals surface area contributed by atoms with Gasteiger partial charge in [0.15, 0.2) is 0 Å². The van der Waals surface area contributed by atoms with Crippen molar-refractivity contribution in [2.45, 2.75) is 0 Å². The average Bonchev–Trinajstić information content (AvgIpc) is 2.06. The van der Waals surface area contributed by atoms with Crippen molar-refractivity contribution in [2.24, 2.45) is 0 Å². The Balaban J connectivity index is 2.47. The van der Waals surface area contributed by atoms with Gasteiger partial charge in [-0.15, -0.1) is 0 Å². The van der Waals surface area contributed by atoms with E-state index < -0.39 is 6.16 Å². The van der Waals surface area contributed by atoms with E-state index in [0.717, 1.165) is 0 Å². The Labute approximate surface area is 70.9 Å². The zero-order chi connectivity index (χ0) is 8.81. The lowest BCUT2D eigenvalue weighted by atomic mass is 10.3. The summed E-state index contributed by atoms with van der Waals surface area (Å²) < 4.78 is 9.23. The maximum absolute atomic E-state index is 10.7. The molecule has 63 valence electrons. The molecule has 1 rings (SSSR count). The van der Waals surface area contributed by atoms with Crippen molar-refractivity contribution in [3.63, 3.8) is 0 Å².